The summed E-state index contributed by atoms with van der Waals surface area (Å²) in [7, 11) is 0. The van der Waals surface area contributed by atoms with E-state index in [4.69, 9.17) is 10.2 Å². The number of alkyl halides is 3. The first kappa shape index (κ1) is 11.1. The Hall–Kier alpha value is 2.11. The summed E-state index contributed by atoms with van der Waals surface area (Å²) in [6.45, 7) is 1.92. The number of hydrogen-bond donors (Lipinski definition) is 2. The molecule has 0 bridgehead atoms. The van der Waals surface area contributed by atoms with Gasteiger partial charge in [0.2, 0.25) is 3.79 Å². The van der Waals surface area contributed by atoms with Crippen LogP contribution in [0.25, 0.3) is 0 Å². The summed E-state index contributed by atoms with van der Waals surface area (Å²) in [6, 6.07) is 0. The van der Waals surface area contributed by atoms with E-state index in [0.717, 1.165) is 6.42 Å². The highest BCUT2D eigenvalue weighted by atomic mass is 127. The summed E-state index contributed by atoms with van der Waals surface area (Å²) in [4.78, 5) is 0. The molecular weight excluding hydrogens is 461 g/mol. The minimum atomic E-state index is -1.61. The van der Waals surface area contributed by atoms with Gasteiger partial charge in [0.15, 0.2) is 0 Å². The van der Waals surface area contributed by atoms with Crippen molar-refractivity contribution in [3.05, 3.63) is 0 Å². The standard InChI is InChI=1S/C4H7I3O2/c1-2-3(5,6)4(7,8)9/h8-9H,2H2,1H3. The van der Waals surface area contributed by atoms with Crippen LogP contribution in [-0.2, 0) is 0 Å². The molecule has 0 saturated carbocycles. The van der Waals surface area contributed by atoms with Crippen molar-refractivity contribution in [1.29, 1.82) is 0 Å². The van der Waals surface area contributed by atoms with Gasteiger partial charge in [0.1, 0.15) is 1.43 Å². The molecule has 0 aliphatic rings. The van der Waals surface area contributed by atoms with Crippen molar-refractivity contribution in [2.45, 2.75) is 18.6 Å². The van der Waals surface area contributed by atoms with Gasteiger partial charge in [-0.1, -0.05) is 52.1 Å². The minimum absolute atomic E-state index is 0.483. The maximum Gasteiger partial charge on any atom is 0.240 e. The second kappa shape index (κ2) is 3.68. The molecule has 56 valence electrons. The molecule has 0 aromatic carbocycles. The smallest absolute Gasteiger partial charge is 0.240 e. The topological polar surface area (TPSA) is 40.5 Å². The summed E-state index contributed by atoms with van der Waals surface area (Å²) < 4.78 is -2.09. The molecule has 2 N–H and O–H groups in total. The van der Waals surface area contributed by atoms with Crippen molar-refractivity contribution in [1.82, 2.24) is 0 Å². The van der Waals surface area contributed by atoms with Gasteiger partial charge in [0, 0.05) is 0 Å². The molecule has 0 fully saturated rings. The number of halogens is 3. The molecule has 0 atom stereocenters. The van der Waals surface area contributed by atoms with E-state index in [2.05, 4.69) is 0 Å². The van der Waals surface area contributed by atoms with E-state index in [9.17, 15) is 0 Å². The Kier molecular flexibility index (Phi) is 4.54. The third-order valence-corrected chi connectivity index (χ3v) is 6.92. The van der Waals surface area contributed by atoms with E-state index in [1.54, 1.807) is 22.6 Å². The van der Waals surface area contributed by atoms with E-state index in [1.165, 1.54) is 0 Å². The Morgan fingerprint density at radius 3 is 1.56 bits per heavy atom. The lowest BCUT2D eigenvalue weighted by atomic mass is 10.3. The Labute approximate surface area is 95.2 Å². The monoisotopic (exact) mass is 468 g/mol. The summed E-state index contributed by atoms with van der Waals surface area (Å²) in [5.41, 5.74) is 0. The van der Waals surface area contributed by atoms with Crippen molar-refractivity contribution in [2.24, 2.45) is 0 Å². The summed E-state index contributed by atoms with van der Waals surface area (Å²) in [5, 5.41) is 18.1. The van der Waals surface area contributed by atoms with E-state index in [-0.39, 0.29) is 0 Å². The van der Waals surface area contributed by atoms with E-state index >= 15 is 0 Å². The molecule has 2 nitrogen and oxygen atoms in total. The maximum absolute atomic E-state index is 9.07. The van der Waals surface area contributed by atoms with Crippen LogP contribution in [0, 0.1) is 0 Å². The zero-order valence-corrected chi connectivity index (χ0v) is 11.2. The van der Waals surface area contributed by atoms with Crippen molar-refractivity contribution in [3.63, 3.8) is 0 Å². The van der Waals surface area contributed by atoms with Crippen LogP contribution in [0.2, 0.25) is 0 Å². The third kappa shape index (κ3) is 3.34. The highest BCUT2D eigenvalue weighted by Gasteiger charge is 2.41. The largest absolute Gasteiger partial charge is 0.356 e. The van der Waals surface area contributed by atoms with E-state index < -0.39 is 5.22 Å². The minimum Gasteiger partial charge on any atom is -0.356 e. The van der Waals surface area contributed by atoms with Crippen LogP contribution in [-0.4, -0.2) is 15.4 Å². The lowest BCUT2D eigenvalue weighted by Gasteiger charge is -2.28. The van der Waals surface area contributed by atoms with Crippen molar-refractivity contribution in [3.8, 4) is 0 Å². The normalized spacial score (nSPS) is 14.0. The summed E-state index contributed by atoms with van der Waals surface area (Å²) >= 11 is 5.67. The van der Waals surface area contributed by atoms with Gasteiger partial charge >= 0.3 is 0 Å². The number of rotatable bonds is 2. The van der Waals surface area contributed by atoms with Gasteiger partial charge < -0.3 is 10.2 Å². The van der Waals surface area contributed by atoms with Crippen LogP contribution in [0.3, 0.4) is 0 Å². The second-order valence-corrected chi connectivity index (χ2v) is 8.90. The summed E-state index contributed by atoms with van der Waals surface area (Å²) in [6.07, 6.45) is 0.726. The molecule has 0 heterocycles. The zero-order chi connectivity index (χ0) is 7.71. The molecule has 0 aliphatic heterocycles. The zero-order valence-electron chi connectivity index (χ0n) is 4.74. The van der Waals surface area contributed by atoms with Crippen LogP contribution in [0.4, 0.5) is 0 Å². The quantitative estimate of drug-likeness (QED) is 0.371. The molecule has 0 aliphatic carbocycles. The van der Waals surface area contributed by atoms with Crippen LogP contribution >= 0.6 is 67.8 Å². The molecule has 5 heteroatoms. The molecule has 0 saturated heterocycles. The molecule has 0 rings (SSSR count). The molecule has 0 spiro atoms. The average Bonchev–Trinajstić information content (AvgIpc) is 1.64. The van der Waals surface area contributed by atoms with Crippen LogP contribution in [0.5, 0.6) is 0 Å². The van der Waals surface area contributed by atoms with Gasteiger partial charge in [-0.05, 0) is 29.0 Å². The second-order valence-electron chi connectivity index (χ2n) is 1.65. The van der Waals surface area contributed by atoms with Gasteiger partial charge in [0.25, 0.3) is 0 Å². The van der Waals surface area contributed by atoms with Gasteiger partial charge in [-0.2, -0.15) is 0 Å². The van der Waals surface area contributed by atoms with Crippen LogP contribution in [0.1, 0.15) is 13.3 Å². The maximum atomic E-state index is 9.07. The first-order valence-electron chi connectivity index (χ1n) is 2.32. The fourth-order valence-corrected chi connectivity index (χ4v) is 0.606. The number of aliphatic hydroxyl groups is 2. The average molecular weight is 468 g/mol. The fraction of sp³-hybridized carbons (Fsp3) is 1.00. The van der Waals surface area contributed by atoms with Crippen LogP contribution < -0.4 is 0 Å². The summed E-state index contributed by atoms with van der Waals surface area (Å²) in [5.74, 6) is 0. The van der Waals surface area contributed by atoms with Crippen molar-refractivity contribution in [2.75, 3.05) is 0 Å². The predicted molar refractivity (Wildman–Crippen MR) is 62.3 cm³/mol. The molecule has 0 unspecified atom stereocenters. The van der Waals surface area contributed by atoms with Gasteiger partial charge in [-0.15, -0.1) is 0 Å². The molecule has 0 radical (unpaired) electrons. The molecule has 0 aromatic heterocycles. The van der Waals surface area contributed by atoms with Crippen molar-refractivity contribution < 1.29 is 10.2 Å². The highest BCUT2D eigenvalue weighted by Crippen LogP contribution is 2.43. The van der Waals surface area contributed by atoms with E-state index in [0.29, 0.717) is 0 Å². The molecule has 9 heavy (non-hydrogen) atoms. The Morgan fingerprint density at radius 1 is 1.22 bits per heavy atom. The Balaban J connectivity index is 4.14. The lowest BCUT2D eigenvalue weighted by Crippen LogP contribution is -2.38. The third-order valence-electron chi connectivity index (χ3n) is 0.909. The van der Waals surface area contributed by atoms with E-state index in [1.807, 2.05) is 52.1 Å². The SMILES string of the molecule is CCC(I)(I)C(O)(O)I. The molecular formula is C4H7I3O2. The first-order valence-corrected chi connectivity index (χ1v) is 5.56. The first-order chi connectivity index (χ1) is 3.81. The lowest BCUT2D eigenvalue weighted by molar-refractivity contribution is -0.0588. The van der Waals surface area contributed by atoms with Crippen molar-refractivity contribution >= 4 is 67.8 Å². The Bertz CT molecular complexity index is 96.5. The van der Waals surface area contributed by atoms with Gasteiger partial charge in [-0.3, -0.25) is 0 Å². The Morgan fingerprint density at radius 2 is 1.56 bits per heavy atom. The molecule has 0 amide bonds. The molecule has 0 aromatic rings. The van der Waals surface area contributed by atoms with Crippen LogP contribution in [0.15, 0.2) is 0 Å². The number of hydrogen-bond acceptors (Lipinski definition) is 2. The fourth-order valence-electron chi connectivity index (χ4n) is 0.225. The predicted octanol–water partition coefficient (Wildman–Crippen LogP) is 2.04. The highest BCUT2D eigenvalue weighted by molar-refractivity contribution is 14.2. The van der Waals surface area contributed by atoms with Gasteiger partial charge in [0.05, 0.1) is 0 Å². The van der Waals surface area contributed by atoms with Gasteiger partial charge in [-0.25, -0.2) is 0 Å².